The smallest absolute Gasteiger partial charge is 0.137 e. The number of furan rings is 1. The summed E-state index contributed by atoms with van der Waals surface area (Å²) in [4.78, 5) is 4.66. The van der Waals surface area contributed by atoms with Gasteiger partial charge >= 0.3 is 0 Å². The summed E-state index contributed by atoms with van der Waals surface area (Å²) in [5, 5.41) is 2.32. The molecule has 59 heavy (non-hydrogen) atoms. The van der Waals surface area contributed by atoms with E-state index in [-0.39, 0.29) is 0 Å². The molecule has 9 aromatic rings. The van der Waals surface area contributed by atoms with Crippen LogP contribution < -0.4 is 9.80 Å². The maximum atomic E-state index is 6.82. The summed E-state index contributed by atoms with van der Waals surface area (Å²) in [6, 6.07) is 65.7. The summed E-state index contributed by atoms with van der Waals surface area (Å²) >= 11 is 0. The van der Waals surface area contributed by atoms with Crippen LogP contribution in [-0.2, 0) is 25.7 Å². The largest absolute Gasteiger partial charge is 0.456 e. The first-order chi connectivity index (χ1) is 29.3. The molecule has 0 amide bonds. The third-order valence-electron chi connectivity index (χ3n) is 12.6. The molecular weight excluding hydrogens is 717 g/mol. The summed E-state index contributed by atoms with van der Waals surface area (Å²) in [7, 11) is 0. The second-order valence-corrected chi connectivity index (χ2v) is 16.1. The minimum absolute atomic E-state index is 0.910. The number of hydrogen-bond donors (Lipinski definition) is 0. The zero-order chi connectivity index (χ0) is 39.1. The highest BCUT2D eigenvalue weighted by Crippen LogP contribution is 2.48. The van der Waals surface area contributed by atoms with Gasteiger partial charge in [-0.15, -0.1) is 0 Å². The minimum Gasteiger partial charge on any atom is -0.456 e. The van der Waals surface area contributed by atoms with Crippen molar-refractivity contribution in [2.45, 2.75) is 51.4 Å². The molecule has 3 heteroatoms. The van der Waals surface area contributed by atoms with Gasteiger partial charge in [-0.3, -0.25) is 0 Å². The molecule has 1 aromatic heterocycles. The number of para-hydroxylation sites is 4. The Morgan fingerprint density at radius 1 is 0.305 bits per heavy atom. The molecule has 1 heterocycles. The molecule has 11 rings (SSSR count). The lowest BCUT2D eigenvalue weighted by Crippen LogP contribution is -2.15. The van der Waals surface area contributed by atoms with Gasteiger partial charge in [-0.05, 0) is 181 Å². The number of benzene rings is 8. The Balaban J connectivity index is 1.01. The maximum absolute atomic E-state index is 6.82. The van der Waals surface area contributed by atoms with E-state index in [0.717, 1.165) is 70.7 Å². The van der Waals surface area contributed by atoms with E-state index in [4.69, 9.17) is 4.42 Å². The molecule has 0 radical (unpaired) electrons. The van der Waals surface area contributed by atoms with E-state index in [1.165, 1.54) is 59.0 Å². The number of rotatable bonds is 8. The van der Waals surface area contributed by atoms with Gasteiger partial charge in [-0.1, -0.05) is 91.0 Å². The zero-order valence-electron chi connectivity index (χ0n) is 33.3. The van der Waals surface area contributed by atoms with Crippen molar-refractivity contribution in [2.75, 3.05) is 9.80 Å². The van der Waals surface area contributed by atoms with Crippen LogP contribution in [0.25, 0.3) is 44.2 Å². The monoisotopic (exact) mass is 762 g/mol. The van der Waals surface area contributed by atoms with Crippen LogP contribution in [0.2, 0.25) is 0 Å². The van der Waals surface area contributed by atoms with Crippen LogP contribution in [0, 0.1) is 0 Å². The Kier molecular flexibility index (Phi) is 9.08. The van der Waals surface area contributed by atoms with Crippen molar-refractivity contribution >= 4 is 56.1 Å². The van der Waals surface area contributed by atoms with Crippen molar-refractivity contribution in [3.05, 3.63) is 204 Å². The predicted octanol–water partition coefficient (Wildman–Crippen LogP) is 15.6. The third kappa shape index (κ3) is 6.38. The molecule has 286 valence electrons. The first-order valence-electron chi connectivity index (χ1n) is 21.4. The van der Waals surface area contributed by atoms with Gasteiger partial charge in [-0.2, -0.15) is 0 Å². The minimum atomic E-state index is 0.910. The molecule has 0 aliphatic heterocycles. The van der Waals surface area contributed by atoms with Crippen molar-refractivity contribution in [1.82, 2.24) is 0 Å². The molecule has 2 aliphatic rings. The van der Waals surface area contributed by atoms with E-state index in [1.54, 1.807) is 22.3 Å². The molecule has 0 unspecified atom stereocenters. The predicted molar refractivity (Wildman–Crippen MR) is 247 cm³/mol. The Morgan fingerprint density at radius 2 is 0.644 bits per heavy atom. The standard InChI is InChI=1S/C56H46N2O/c1-5-17-41(18-6-1)57(42-19-7-2-8-20-42)45-32-29-39(30-33-45)55-49-25-13-15-27-51(49)56(52-28-16-14-26-50(52)55)40-31-35-47-48-36-34-46(38-54(48)59-53(47)37-40)58(43-21-9-3-10-22-43)44-23-11-4-12-24-44/h1-12,17-24,29-38H,13-16,25-28H2. The van der Waals surface area contributed by atoms with Crippen molar-refractivity contribution in [3.8, 4) is 22.3 Å². The molecule has 0 fully saturated rings. The van der Waals surface area contributed by atoms with Gasteiger partial charge in [0.15, 0.2) is 0 Å². The van der Waals surface area contributed by atoms with Crippen LogP contribution in [0.1, 0.15) is 47.9 Å². The Hall–Kier alpha value is -6.84. The summed E-state index contributed by atoms with van der Waals surface area (Å²) in [6.45, 7) is 0. The van der Waals surface area contributed by atoms with Crippen LogP contribution >= 0.6 is 0 Å². The summed E-state index contributed by atoms with van der Waals surface area (Å²) in [5.41, 5.74) is 20.6. The van der Waals surface area contributed by atoms with Crippen LogP contribution in [0.15, 0.2) is 186 Å². The molecule has 8 aromatic carbocycles. The van der Waals surface area contributed by atoms with E-state index >= 15 is 0 Å². The first kappa shape index (κ1) is 35.3. The lowest BCUT2D eigenvalue weighted by molar-refractivity contribution is 0.662. The Labute approximate surface area is 346 Å². The van der Waals surface area contributed by atoms with E-state index in [1.807, 2.05) is 0 Å². The first-order valence-corrected chi connectivity index (χ1v) is 21.4. The van der Waals surface area contributed by atoms with Crippen LogP contribution in [0.4, 0.5) is 34.1 Å². The Bertz CT molecular complexity index is 2800. The van der Waals surface area contributed by atoms with Crippen molar-refractivity contribution < 1.29 is 4.42 Å². The van der Waals surface area contributed by atoms with Crippen molar-refractivity contribution in [1.29, 1.82) is 0 Å². The van der Waals surface area contributed by atoms with Gasteiger partial charge in [0.25, 0.3) is 0 Å². The van der Waals surface area contributed by atoms with Crippen LogP contribution in [0.3, 0.4) is 0 Å². The number of fused-ring (bicyclic) bond motifs is 5. The average molecular weight is 763 g/mol. The van der Waals surface area contributed by atoms with Crippen molar-refractivity contribution in [3.63, 3.8) is 0 Å². The fourth-order valence-electron chi connectivity index (χ4n) is 10.0. The third-order valence-corrected chi connectivity index (χ3v) is 12.6. The number of anilines is 6. The lowest BCUT2D eigenvalue weighted by Gasteiger charge is -2.32. The highest BCUT2D eigenvalue weighted by molar-refractivity contribution is 6.07. The second kappa shape index (κ2) is 15.2. The second-order valence-electron chi connectivity index (χ2n) is 16.1. The molecule has 0 saturated heterocycles. The van der Waals surface area contributed by atoms with E-state index in [2.05, 4.69) is 192 Å². The molecule has 0 N–H and O–H groups in total. The molecular formula is C56H46N2O. The molecule has 3 nitrogen and oxygen atoms in total. The van der Waals surface area contributed by atoms with E-state index in [0.29, 0.717) is 0 Å². The molecule has 0 spiro atoms. The molecule has 2 aliphatic carbocycles. The van der Waals surface area contributed by atoms with Crippen LogP contribution in [-0.4, -0.2) is 0 Å². The maximum Gasteiger partial charge on any atom is 0.137 e. The zero-order valence-corrected chi connectivity index (χ0v) is 33.3. The fraction of sp³-hybridized carbons (Fsp3) is 0.143. The molecule has 0 bridgehead atoms. The highest BCUT2D eigenvalue weighted by atomic mass is 16.3. The number of hydrogen-bond acceptors (Lipinski definition) is 3. The van der Waals surface area contributed by atoms with Crippen molar-refractivity contribution in [2.24, 2.45) is 0 Å². The lowest BCUT2D eigenvalue weighted by atomic mass is 9.73. The topological polar surface area (TPSA) is 19.6 Å². The highest BCUT2D eigenvalue weighted by Gasteiger charge is 2.29. The molecule has 0 saturated carbocycles. The van der Waals surface area contributed by atoms with Crippen LogP contribution in [0.5, 0.6) is 0 Å². The number of nitrogens with zero attached hydrogens (tertiary/aromatic N) is 2. The SMILES string of the molecule is c1ccc(N(c2ccccc2)c2ccc(-c3c4c(c(-c5ccc6c(c5)oc5cc(N(c7ccccc7)c7ccccc7)ccc56)c5c3CCCC5)CCCC4)cc2)cc1. The van der Waals surface area contributed by atoms with Gasteiger partial charge in [0.1, 0.15) is 11.2 Å². The summed E-state index contributed by atoms with van der Waals surface area (Å²) in [6.07, 6.45) is 9.43. The molecule has 0 atom stereocenters. The van der Waals surface area contributed by atoms with Gasteiger partial charge in [0.2, 0.25) is 0 Å². The average Bonchev–Trinajstić information content (AvgIpc) is 3.67. The van der Waals surface area contributed by atoms with E-state index < -0.39 is 0 Å². The van der Waals surface area contributed by atoms with Gasteiger partial charge < -0.3 is 14.2 Å². The summed E-state index contributed by atoms with van der Waals surface area (Å²) < 4.78 is 6.82. The Morgan fingerprint density at radius 3 is 1.10 bits per heavy atom. The van der Waals surface area contributed by atoms with Gasteiger partial charge in [0, 0.05) is 51.0 Å². The normalized spacial score (nSPS) is 13.6. The van der Waals surface area contributed by atoms with Gasteiger partial charge in [0.05, 0.1) is 0 Å². The van der Waals surface area contributed by atoms with E-state index in [9.17, 15) is 0 Å². The van der Waals surface area contributed by atoms with Gasteiger partial charge in [-0.25, -0.2) is 0 Å². The summed E-state index contributed by atoms with van der Waals surface area (Å²) in [5.74, 6) is 0. The fourth-order valence-corrected chi connectivity index (χ4v) is 10.0. The quantitative estimate of drug-likeness (QED) is 0.154.